The molecule has 1 fully saturated rings. The second-order valence-electron chi connectivity index (χ2n) is 6.72. The first kappa shape index (κ1) is 14.5. The van der Waals surface area contributed by atoms with Gasteiger partial charge in [0.15, 0.2) is 0 Å². The Bertz CT molecular complexity index is 416. The van der Waals surface area contributed by atoms with Crippen molar-refractivity contribution in [3.8, 4) is 0 Å². The predicted octanol–water partition coefficient (Wildman–Crippen LogP) is 3.76. The van der Waals surface area contributed by atoms with Gasteiger partial charge in [0.05, 0.1) is 6.10 Å². The normalized spacial score (nSPS) is 28.4. The van der Waals surface area contributed by atoms with Gasteiger partial charge in [-0.3, -0.25) is 0 Å². The third-order valence-electron chi connectivity index (χ3n) is 4.34. The first-order valence-corrected chi connectivity index (χ1v) is 7.24. The van der Waals surface area contributed by atoms with E-state index in [-0.39, 0.29) is 11.5 Å². The van der Waals surface area contributed by atoms with Crippen molar-refractivity contribution in [1.82, 2.24) is 0 Å². The molecular formula is C17H26O2. The summed E-state index contributed by atoms with van der Waals surface area (Å²) in [6.45, 7) is 6.61. The van der Waals surface area contributed by atoms with Crippen molar-refractivity contribution in [1.29, 1.82) is 0 Å². The number of benzene rings is 1. The summed E-state index contributed by atoms with van der Waals surface area (Å²) in [5.41, 5.74) is 1.62. The Labute approximate surface area is 116 Å². The van der Waals surface area contributed by atoms with Crippen LogP contribution in [0.3, 0.4) is 0 Å². The van der Waals surface area contributed by atoms with Gasteiger partial charge in [-0.25, -0.2) is 0 Å². The molecule has 0 aromatic heterocycles. The van der Waals surface area contributed by atoms with E-state index in [1.54, 1.807) is 7.11 Å². The van der Waals surface area contributed by atoms with Crippen LogP contribution in [0.1, 0.15) is 57.6 Å². The first-order valence-electron chi connectivity index (χ1n) is 7.24. The maximum absolute atomic E-state index is 11.0. The predicted molar refractivity (Wildman–Crippen MR) is 78.3 cm³/mol. The van der Waals surface area contributed by atoms with Gasteiger partial charge in [0.1, 0.15) is 5.60 Å². The summed E-state index contributed by atoms with van der Waals surface area (Å²) in [6.07, 6.45) is 3.86. The molecule has 0 radical (unpaired) electrons. The van der Waals surface area contributed by atoms with E-state index in [9.17, 15) is 5.11 Å². The fourth-order valence-electron chi connectivity index (χ4n) is 3.03. The number of ether oxygens (including phenoxy) is 1. The maximum Gasteiger partial charge on any atom is 0.116 e. The summed E-state index contributed by atoms with van der Waals surface area (Å²) in [6, 6.07) is 8.40. The topological polar surface area (TPSA) is 29.5 Å². The molecule has 2 unspecified atom stereocenters. The van der Waals surface area contributed by atoms with Gasteiger partial charge in [-0.1, -0.05) is 57.9 Å². The zero-order chi connectivity index (χ0) is 14.1. The highest BCUT2D eigenvalue weighted by molar-refractivity contribution is 5.32. The summed E-state index contributed by atoms with van der Waals surface area (Å²) in [5.74, 6) is 0. The van der Waals surface area contributed by atoms with Crippen LogP contribution < -0.4 is 0 Å². The van der Waals surface area contributed by atoms with Gasteiger partial charge in [-0.15, -0.1) is 0 Å². The van der Waals surface area contributed by atoms with Gasteiger partial charge >= 0.3 is 0 Å². The minimum Gasteiger partial charge on any atom is -0.382 e. The highest BCUT2D eigenvalue weighted by Gasteiger charge is 2.40. The second-order valence-corrected chi connectivity index (χ2v) is 6.72. The molecule has 19 heavy (non-hydrogen) atoms. The Morgan fingerprint density at radius 2 is 1.79 bits per heavy atom. The Morgan fingerprint density at radius 1 is 1.16 bits per heavy atom. The van der Waals surface area contributed by atoms with E-state index >= 15 is 0 Å². The molecule has 1 aromatic carbocycles. The smallest absolute Gasteiger partial charge is 0.116 e. The zero-order valence-corrected chi connectivity index (χ0v) is 12.6. The Morgan fingerprint density at radius 3 is 2.32 bits per heavy atom. The number of methoxy groups -OCH3 is 1. The highest BCUT2D eigenvalue weighted by Crippen LogP contribution is 2.39. The molecule has 0 heterocycles. The summed E-state index contributed by atoms with van der Waals surface area (Å²) in [7, 11) is 1.70. The Hall–Kier alpha value is -0.860. The van der Waals surface area contributed by atoms with Crippen LogP contribution in [-0.4, -0.2) is 18.3 Å². The van der Waals surface area contributed by atoms with Crippen LogP contribution >= 0.6 is 0 Å². The lowest BCUT2D eigenvalue weighted by Gasteiger charge is -2.39. The van der Waals surface area contributed by atoms with E-state index in [4.69, 9.17) is 4.74 Å². The maximum atomic E-state index is 11.0. The molecule has 1 aliphatic carbocycles. The van der Waals surface area contributed by atoms with Crippen molar-refractivity contribution in [2.75, 3.05) is 7.11 Å². The lowest BCUT2D eigenvalue weighted by Crippen LogP contribution is -2.43. The van der Waals surface area contributed by atoms with Gasteiger partial charge in [0.25, 0.3) is 0 Å². The summed E-state index contributed by atoms with van der Waals surface area (Å²) in [4.78, 5) is 0. The van der Waals surface area contributed by atoms with Gasteiger partial charge in [0.2, 0.25) is 0 Å². The van der Waals surface area contributed by atoms with Crippen molar-refractivity contribution in [2.24, 2.45) is 0 Å². The van der Waals surface area contributed by atoms with Crippen LogP contribution in [0.4, 0.5) is 0 Å². The van der Waals surface area contributed by atoms with Gasteiger partial charge in [0, 0.05) is 7.11 Å². The van der Waals surface area contributed by atoms with Crippen LogP contribution in [0.2, 0.25) is 0 Å². The minimum absolute atomic E-state index is 0.0817. The van der Waals surface area contributed by atoms with Gasteiger partial charge in [-0.05, 0) is 29.4 Å². The SMILES string of the molecule is COC1CCCCC1(O)c1ccc(C(C)(C)C)cc1. The van der Waals surface area contributed by atoms with E-state index in [1.807, 2.05) is 0 Å². The molecule has 2 rings (SSSR count). The van der Waals surface area contributed by atoms with Crippen molar-refractivity contribution in [3.05, 3.63) is 35.4 Å². The number of rotatable bonds is 2. The fourth-order valence-corrected chi connectivity index (χ4v) is 3.03. The summed E-state index contributed by atoms with van der Waals surface area (Å²) >= 11 is 0. The Balaban J connectivity index is 2.30. The summed E-state index contributed by atoms with van der Waals surface area (Å²) < 4.78 is 5.51. The van der Waals surface area contributed by atoms with Crippen LogP contribution in [-0.2, 0) is 15.8 Å². The third kappa shape index (κ3) is 2.85. The van der Waals surface area contributed by atoms with Gasteiger partial charge < -0.3 is 9.84 Å². The third-order valence-corrected chi connectivity index (χ3v) is 4.34. The van der Waals surface area contributed by atoms with Crippen LogP contribution in [0.5, 0.6) is 0 Å². The molecule has 2 atom stereocenters. The van der Waals surface area contributed by atoms with Crippen molar-refractivity contribution < 1.29 is 9.84 Å². The largest absolute Gasteiger partial charge is 0.382 e. The van der Waals surface area contributed by atoms with Crippen LogP contribution in [0.25, 0.3) is 0 Å². The quantitative estimate of drug-likeness (QED) is 0.879. The van der Waals surface area contributed by atoms with E-state index in [0.717, 1.165) is 31.2 Å². The lowest BCUT2D eigenvalue weighted by molar-refractivity contribution is -0.122. The first-order chi connectivity index (χ1) is 8.88. The minimum atomic E-state index is -0.816. The molecule has 1 N–H and O–H groups in total. The molecule has 0 aliphatic heterocycles. The Kier molecular flexibility index (Phi) is 4.03. The average molecular weight is 262 g/mol. The molecule has 1 aliphatic rings. The second kappa shape index (κ2) is 5.26. The zero-order valence-electron chi connectivity index (χ0n) is 12.6. The molecule has 2 nitrogen and oxygen atoms in total. The number of aliphatic hydroxyl groups is 1. The van der Waals surface area contributed by atoms with E-state index in [0.29, 0.717) is 0 Å². The van der Waals surface area contributed by atoms with Crippen LogP contribution in [0, 0.1) is 0 Å². The standard InChI is InChI=1S/C17H26O2/c1-16(2,3)13-8-10-14(11-9-13)17(18)12-6-5-7-15(17)19-4/h8-11,15,18H,5-7,12H2,1-4H3. The molecule has 2 heteroatoms. The molecule has 0 spiro atoms. The molecular weight excluding hydrogens is 236 g/mol. The molecule has 0 amide bonds. The van der Waals surface area contributed by atoms with E-state index in [2.05, 4.69) is 45.0 Å². The molecule has 1 saturated carbocycles. The number of hydrogen-bond donors (Lipinski definition) is 1. The van der Waals surface area contributed by atoms with Crippen molar-refractivity contribution >= 4 is 0 Å². The highest BCUT2D eigenvalue weighted by atomic mass is 16.5. The molecule has 106 valence electrons. The molecule has 0 saturated heterocycles. The van der Waals surface area contributed by atoms with Crippen molar-refractivity contribution in [2.45, 2.75) is 63.6 Å². The van der Waals surface area contributed by atoms with E-state index < -0.39 is 5.60 Å². The molecule has 0 bridgehead atoms. The van der Waals surface area contributed by atoms with Crippen LogP contribution in [0.15, 0.2) is 24.3 Å². The monoisotopic (exact) mass is 262 g/mol. The fraction of sp³-hybridized carbons (Fsp3) is 0.647. The average Bonchev–Trinajstić information content (AvgIpc) is 2.38. The molecule has 1 aromatic rings. The number of hydrogen-bond acceptors (Lipinski definition) is 2. The van der Waals surface area contributed by atoms with Gasteiger partial charge in [-0.2, -0.15) is 0 Å². The lowest BCUT2D eigenvalue weighted by atomic mass is 9.76. The van der Waals surface area contributed by atoms with E-state index in [1.165, 1.54) is 5.56 Å². The summed E-state index contributed by atoms with van der Waals surface area (Å²) in [5, 5.41) is 11.0. The van der Waals surface area contributed by atoms with Crippen molar-refractivity contribution in [3.63, 3.8) is 0 Å².